The van der Waals surface area contributed by atoms with Gasteiger partial charge in [-0.3, -0.25) is 9.59 Å². The lowest BCUT2D eigenvalue weighted by atomic mass is 10.1. The molecule has 0 spiro atoms. The first-order chi connectivity index (χ1) is 17.0. The number of benzene rings is 3. The summed E-state index contributed by atoms with van der Waals surface area (Å²) in [6.07, 6.45) is 5.46. The van der Waals surface area contributed by atoms with Gasteiger partial charge in [-0.15, -0.1) is 0 Å². The summed E-state index contributed by atoms with van der Waals surface area (Å²) in [5.74, 6) is 0.360. The number of aryl methyl sites for hydroxylation is 2. The molecule has 1 N–H and O–H groups in total. The highest BCUT2D eigenvalue weighted by Crippen LogP contribution is 2.22. The lowest BCUT2D eigenvalue weighted by molar-refractivity contribution is -0.139. The number of carbonyl (C=O) groups excluding carboxylic acids is 2. The fourth-order valence-electron chi connectivity index (χ4n) is 3.69. The van der Waals surface area contributed by atoms with Gasteiger partial charge >= 0.3 is 5.97 Å². The smallest absolute Gasteiger partial charge is 0.310 e. The Bertz CT molecular complexity index is 1080. The molecule has 0 radical (unpaired) electrons. The van der Waals surface area contributed by atoms with Crippen molar-refractivity contribution in [3.05, 3.63) is 94.5 Å². The third kappa shape index (κ3) is 9.45. The summed E-state index contributed by atoms with van der Waals surface area (Å²) in [5, 5.41) is 3.32. The van der Waals surface area contributed by atoms with Crippen LogP contribution in [0, 0.1) is 0 Å². The molecule has 6 heteroatoms. The molecule has 35 heavy (non-hydrogen) atoms. The third-order valence-electron chi connectivity index (χ3n) is 5.68. The lowest BCUT2D eigenvalue weighted by Gasteiger charge is -2.10. The third-order valence-corrected chi connectivity index (χ3v) is 6.05. The van der Waals surface area contributed by atoms with Crippen LogP contribution in [0.2, 0.25) is 5.02 Å². The first-order valence-electron chi connectivity index (χ1n) is 11.9. The zero-order valence-electron chi connectivity index (χ0n) is 20.1. The quantitative estimate of drug-likeness (QED) is 0.220. The standard InChI is InChI=1S/C29H32ClNO4/c1-34-29(33)21-24-20-25(14-17-27(24)30)31-28(32)18-13-23-11-15-26(16-12-23)35-19-7-3-6-10-22-8-4-2-5-9-22/h2,4-5,8-9,11-12,14-17,20H,3,6-7,10,13,18-19,21H2,1H3,(H,31,32). The number of esters is 1. The van der Waals surface area contributed by atoms with Gasteiger partial charge < -0.3 is 14.8 Å². The summed E-state index contributed by atoms with van der Waals surface area (Å²) in [5.41, 5.74) is 3.67. The molecule has 0 unspecified atom stereocenters. The second-order valence-corrected chi connectivity index (χ2v) is 8.80. The number of ether oxygens (including phenoxy) is 2. The van der Waals surface area contributed by atoms with Gasteiger partial charge in [-0.25, -0.2) is 0 Å². The van der Waals surface area contributed by atoms with Crippen LogP contribution >= 0.6 is 11.6 Å². The van der Waals surface area contributed by atoms with Gasteiger partial charge in [0.1, 0.15) is 5.75 Å². The zero-order valence-corrected chi connectivity index (χ0v) is 20.9. The fourth-order valence-corrected chi connectivity index (χ4v) is 3.88. The topological polar surface area (TPSA) is 64.6 Å². The highest BCUT2D eigenvalue weighted by Gasteiger charge is 2.10. The number of nitrogens with one attached hydrogen (secondary N) is 1. The Balaban J connectivity index is 1.35. The molecule has 0 saturated carbocycles. The van der Waals surface area contributed by atoms with E-state index in [2.05, 4.69) is 34.3 Å². The number of amides is 1. The summed E-state index contributed by atoms with van der Waals surface area (Å²) >= 11 is 6.13. The van der Waals surface area contributed by atoms with Crippen molar-refractivity contribution >= 4 is 29.2 Å². The molecule has 0 fully saturated rings. The highest BCUT2D eigenvalue weighted by molar-refractivity contribution is 6.31. The molecule has 0 atom stereocenters. The van der Waals surface area contributed by atoms with Gasteiger partial charge in [-0.2, -0.15) is 0 Å². The van der Waals surface area contributed by atoms with Gasteiger partial charge in [0.05, 0.1) is 20.1 Å². The van der Waals surface area contributed by atoms with Crippen LogP contribution in [-0.2, 0) is 33.6 Å². The maximum Gasteiger partial charge on any atom is 0.310 e. The van der Waals surface area contributed by atoms with Crippen molar-refractivity contribution in [3.8, 4) is 5.75 Å². The maximum absolute atomic E-state index is 12.4. The van der Waals surface area contributed by atoms with E-state index in [1.807, 2.05) is 30.3 Å². The molecular formula is C29H32ClNO4. The minimum absolute atomic E-state index is 0.0567. The highest BCUT2D eigenvalue weighted by atomic mass is 35.5. The van der Waals surface area contributed by atoms with E-state index in [1.165, 1.54) is 12.7 Å². The SMILES string of the molecule is COC(=O)Cc1cc(NC(=O)CCc2ccc(OCCCCCc3ccccc3)cc2)ccc1Cl. The molecule has 0 aliphatic rings. The molecule has 0 aliphatic heterocycles. The summed E-state index contributed by atoms with van der Waals surface area (Å²) in [4.78, 5) is 23.9. The van der Waals surface area contributed by atoms with Crippen molar-refractivity contribution in [1.82, 2.24) is 0 Å². The monoisotopic (exact) mass is 493 g/mol. The fraction of sp³-hybridized carbons (Fsp3) is 0.310. The molecule has 3 aromatic rings. The summed E-state index contributed by atoms with van der Waals surface area (Å²) in [6.45, 7) is 0.704. The van der Waals surface area contributed by atoms with E-state index < -0.39 is 0 Å². The van der Waals surface area contributed by atoms with Crippen LogP contribution < -0.4 is 10.1 Å². The van der Waals surface area contributed by atoms with E-state index in [-0.39, 0.29) is 18.3 Å². The first-order valence-corrected chi connectivity index (χ1v) is 12.3. The molecule has 3 aromatic carbocycles. The molecule has 0 saturated heterocycles. The molecule has 1 amide bonds. The Morgan fingerprint density at radius 2 is 1.60 bits per heavy atom. The Morgan fingerprint density at radius 1 is 0.857 bits per heavy atom. The van der Waals surface area contributed by atoms with Gasteiger partial charge in [-0.1, -0.05) is 54.1 Å². The van der Waals surface area contributed by atoms with Crippen LogP contribution in [-0.4, -0.2) is 25.6 Å². The van der Waals surface area contributed by atoms with Crippen molar-refractivity contribution < 1.29 is 19.1 Å². The Hall–Kier alpha value is -3.31. The summed E-state index contributed by atoms with van der Waals surface area (Å²) in [7, 11) is 1.33. The Labute approximate surface area is 212 Å². The van der Waals surface area contributed by atoms with Crippen molar-refractivity contribution in [2.75, 3.05) is 19.0 Å². The molecule has 0 bridgehead atoms. The predicted molar refractivity (Wildman–Crippen MR) is 140 cm³/mol. The van der Waals surface area contributed by atoms with Crippen molar-refractivity contribution in [2.24, 2.45) is 0 Å². The normalized spacial score (nSPS) is 10.6. The van der Waals surface area contributed by atoms with Crippen LogP contribution in [0.4, 0.5) is 5.69 Å². The van der Waals surface area contributed by atoms with Crippen LogP contribution in [0.15, 0.2) is 72.8 Å². The number of hydrogen-bond acceptors (Lipinski definition) is 4. The molecule has 3 rings (SSSR count). The number of halogens is 1. The van der Waals surface area contributed by atoms with E-state index >= 15 is 0 Å². The number of carbonyl (C=O) groups is 2. The molecule has 184 valence electrons. The minimum Gasteiger partial charge on any atom is -0.494 e. The van der Waals surface area contributed by atoms with Gasteiger partial charge in [0.25, 0.3) is 0 Å². The summed E-state index contributed by atoms with van der Waals surface area (Å²) in [6, 6.07) is 23.5. The number of anilines is 1. The average molecular weight is 494 g/mol. The molecule has 0 aliphatic carbocycles. The van der Waals surface area contributed by atoms with Gasteiger partial charge in [-0.05, 0) is 79.1 Å². The Kier molecular flexibility index (Phi) is 10.6. The zero-order chi connectivity index (χ0) is 24.9. The van der Waals surface area contributed by atoms with E-state index in [1.54, 1.807) is 18.2 Å². The number of methoxy groups -OCH3 is 1. The minimum atomic E-state index is -0.383. The van der Waals surface area contributed by atoms with E-state index in [0.29, 0.717) is 35.7 Å². The Morgan fingerprint density at radius 3 is 2.34 bits per heavy atom. The van der Waals surface area contributed by atoms with E-state index in [0.717, 1.165) is 37.0 Å². The van der Waals surface area contributed by atoms with Crippen LogP contribution in [0.5, 0.6) is 5.75 Å². The van der Waals surface area contributed by atoms with E-state index in [9.17, 15) is 9.59 Å². The molecule has 0 heterocycles. The van der Waals surface area contributed by atoms with Gasteiger partial charge in [0.15, 0.2) is 0 Å². The molecule has 0 aromatic heterocycles. The van der Waals surface area contributed by atoms with Crippen molar-refractivity contribution in [2.45, 2.75) is 44.9 Å². The molecular weight excluding hydrogens is 462 g/mol. The van der Waals surface area contributed by atoms with Crippen molar-refractivity contribution in [1.29, 1.82) is 0 Å². The maximum atomic E-state index is 12.4. The summed E-state index contributed by atoms with van der Waals surface area (Å²) < 4.78 is 10.5. The molecule has 5 nitrogen and oxygen atoms in total. The van der Waals surface area contributed by atoms with E-state index in [4.69, 9.17) is 16.3 Å². The predicted octanol–water partition coefficient (Wildman–Crippen LogP) is 6.42. The van der Waals surface area contributed by atoms with Gasteiger partial charge in [0, 0.05) is 17.1 Å². The lowest BCUT2D eigenvalue weighted by Crippen LogP contribution is -2.13. The number of hydrogen-bond donors (Lipinski definition) is 1. The number of rotatable bonds is 13. The van der Waals surface area contributed by atoms with Crippen LogP contribution in [0.1, 0.15) is 42.4 Å². The largest absolute Gasteiger partial charge is 0.494 e. The van der Waals surface area contributed by atoms with Crippen LogP contribution in [0.25, 0.3) is 0 Å². The first kappa shape index (κ1) is 26.3. The van der Waals surface area contributed by atoms with Crippen LogP contribution in [0.3, 0.4) is 0 Å². The van der Waals surface area contributed by atoms with Gasteiger partial charge in [0.2, 0.25) is 5.91 Å². The van der Waals surface area contributed by atoms with Crippen molar-refractivity contribution in [3.63, 3.8) is 0 Å². The average Bonchev–Trinajstić information content (AvgIpc) is 2.88. The second-order valence-electron chi connectivity index (χ2n) is 8.40. The number of unbranched alkanes of at least 4 members (excludes halogenated alkanes) is 2. The second kappa shape index (κ2) is 14.2.